The third-order valence-electron chi connectivity index (χ3n) is 5.82. The van der Waals surface area contributed by atoms with Crippen molar-refractivity contribution in [1.82, 2.24) is 5.32 Å². The third-order valence-corrected chi connectivity index (χ3v) is 5.82. The molecule has 3 aromatic rings. The van der Waals surface area contributed by atoms with Crippen molar-refractivity contribution in [3.8, 4) is 11.1 Å². The van der Waals surface area contributed by atoms with E-state index in [1.165, 1.54) is 12.1 Å². The minimum Gasteiger partial charge on any atom is -0.478 e. The monoisotopic (exact) mass is 474 g/mol. The van der Waals surface area contributed by atoms with Gasteiger partial charge < -0.3 is 20.5 Å². The van der Waals surface area contributed by atoms with Crippen molar-refractivity contribution in [2.45, 2.75) is 18.4 Å². The average Bonchev–Trinajstić information content (AvgIpc) is 3.17. The molecule has 3 N–H and O–H groups in total. The van der Waals surface area contributed by atoms with Gasteiger partial charge in [0.05, 0.1) is 5.56 Å². The molecule has 1 unspecified atom stereocenters. The van der Waals surface area contributed by atoms with Gasteiger partial charge >= 0.3 is 12.1 Å². The second-order valence-corrected chi connectivity index (χ2v) is 8.04. The molecule has 4 rings (SSSR count). The van der Waals surface area contributed by atoms with E-state index in [4.69, 9.17) is 9.84 Å². The van der Waals surface area contributed by atoms with Gasteiger partial charge in [0.25, 0.3) is 0 Å². The summed E-state index contributed by atoms with van der Waals surface area (Å²) in [5.74, 6) is -3.14. The largest absolute Gasteiger partial charge is 0.478 e. The van der Waals surface area contributed by atoms with E-state index >= 15 is 0 Å². The molecular weight excluding hydrogens is 451 g/mol. The Hall–Kier alpha value is -4.46. The number of hydrogen-bond donors (Lipinski definition) is 3. The van der Waals surface area contributed by atoms with E-state index in [2.05, 4.69) is 17.2 Å². The maximum Gasteiger partial charge on any atom is 0.407 e. The van der Waals surface area contributed by atoms with Crippen LogP contribution in [0.1, 0.15) is 33.8 Å². The highest BCUT2D eigenvalue weighted by Gasteiger charge is 2.29. The Kier molecular flexibility index (Phi) is 6.91. The first-order chi connectivity index (χ1) is 16.9. The summed E-state index contributed by atoms with van der Waals surface area (Å²) < 4.78 is 19.1. The van der Waals surface area contributed by atoms with Crippen molar-refractivity contribution in [2.24, 2.45) is 0 Å². The van der Waals surface area contributed by atoms with Gasteiger partial charge in [-0.25, -0.2) is 14.0 Å². The minimum absolute atomic E-state index is 0.0807. The van der Waals surface area contributed by atoms with Crippen LogP contribution in [0.2, 0.25) is 0 Å². The van der Waals surface area contributed by atoms with Gasteiger partial charge in [-0.1, -0.05) is 54.6 Å². The second kappa shape index (κ2) is 10.2. The number of benzene rings is 3. The summed E-state index contributed by atoms with van der Waals surface area (Å²) in [7, 11) is 0. The Morgan fingerprint density at radius 1 is 1.03 bits per heavy atom. The standard InChI is InChI=1S/C27H23FN2O5/c1-2-7-24(25(31)29-16-12-13-23(28)21(14-16)26(32)33)30-27(34)35-15-22-19-10-5-3-8-17(19)18-9-4-6-11-20(18)22/h2-6,8-14,22,24H,1,7,15H2,(H,29,31)(H,30,34)(H,32,33). The molecule has 0 spiro atoms. The molecule has 1 aliphatic carbocycles. The summed E-state index contributed by atoms with van der Waals surface area (Å²) in [6.45, 7) is 3.69. The zero-order valence-corrected chi connectivity index (χ0v) is 18.7. The van der Waals surface area contributed by atoms with Crippen LogP contribution in [-0.4, -0.2) is 35.7 Å². The molecule has 0 saturated carbocycles. The van der Waals surface area contributed by atoms with Crippen LogP contribution in [0.4, 0.5) is 14.9 Å². The summed E-state index contributed by atoms with van der Waals surface area (Å²) in [4.78, 5) is 36.4. The van der Waals surface area contributed by atoms with E-state index in [9.17, 15) is 18.8 Å². The van der Waals surface area contributed by atoms with Gasteiger partial charge in [-0.15, -0.1) is 6.58 Å². The zero-order valence-electron chi connectivity index (χ0n) is 18.7. The molecule has 0 bridgehead atoms. The number of hydrogen-bond acceptors (Lipinski definition) is 4. The highest BCUT2D eigenvalue weighted by Crippen LogP contribution is 2.44. The quantitative estimate of drug-likeness (QED) is 0.401. The number of fused-ring (bicyclic) bond motifs is 3. The van der Waals surface area contributed by atoms with E-state index in [1.54, 1.807) is 0 Å². The number of aromatic carboxylic acids is 1. The van der Waals surface area contributed by atoms with Crippen molar-refractivity contribution in [1.29, 1.82) is 0 Å². The average molecular weight is 474 g/mol. The van der Waals surface area contributed by atoms with Gasteiger partial charge in [0, 0.05) is 11.6 Å². The van der Waals surface area contributed by atoms with Crippen molar-refractivity contribution < 1.29 is 28.6 Å². The first-order valence-corrected chi connectivity index (χ1v) is 10.9. The molecule has 2 amide bonds. The van der Waals surface area contributed by atoms with E-state index in [-0.39, 0.29) is 24.6 Å². The fraction of sp³-hybridized carbons (Fsp3) is 0.148. The van der Waals surface area contributed by atoms with Crippen LogP contribution < -0.4 is 10.6 Å². The number of alkyl carbamates (subject to hydrolysis) is 1. The van der Waals surface area contributed by atoms with Crippen molar-refractivity contribution in [2.75, 3.05) is 11.9 Å². The Bertz CT molecular complexity index is 1260. The number of nitrogens with one attached hydrogen (secondary N) is 2. The van der Waals surface area contributed by atoms with Crippen LogP contribution in [-0.2, 0) is 9.53 Å². The molecular formula is C27H23FN2O5. The molecule has 1 atom stereocenters. The fourth-order valence-corrected chi connectivity index (χ4v) is 4.18. The van der Waals surface area contributed by atoms with Crippen LogP contribution in [0.15, 0.2) is 79.4 Å². The number of rotatable bonds is 8. The summed E-state index contributed by atoms with van der Waals surface area (Å²) >= 11 is 0. The molecule has 0 heterocycles. The van der Waals surface area contributed by atoms with Crippen molar-refractivity contribution >= 4 is 23.7 Å². The number of halogens is 1. The first kappa shape index (κ1) is 23.7. The van der Waals surface area contributed by atoms with Gasteiger partial charge in [-0.05, 0) is 46.9 Å². The lowest BCUT2D eigenvalue weighted by molar-refractivity contribution is -0.118. The molecule has 35 heavy (non-hydrogen) atoms. The third kappa shape index (κ3) is 5.06. The molecule has 3 aromatic carbocycles. The van der Waals surface area contributed by atoms with Gasteiger partial charge in [0.1, 0.15) is 18.5 Å². The zero-order chi connectivity index (χ0) is 24.9. The lowest BCUT2D eigenvalue weighted by atomic mass is 9.98. The number of anilines is 1. The second-order valence-electron chi connectivity index (χ2n) is 8.04. The summed E-state index contributed by atoms with van der Waals surface area (Å²) in [6, 6.07) is 18.0. The van der Waals surface area contributed by atoms with E-state index in [1.807, 2.05) is 48.5 Å². The van der Waals surface area contributed by atoms with Crippen molar-refractivity contribution in [3.05, 3.63) is 102 Å². The van der Waals surface area contributed by atoms with Crippen LogP contribution in [0.3, 0.4) is 0 Å². The molecule has 1 aliphatic rings. The fourth-order valence-electron chi connectivity index (χ4n) is 4.18. The van der Waals surface area contributed by atoms with Crippen LogP contribution in [0, 0.1) is 5.82 Å². The van der Waals surface area contributed by atoms with Gasteiger partial charge in [0.2, 0.25) is 5.91 Å². The lowest BCUT2D eigenvalue weighted by Crippen LogP contribution is -2.44. The van der Waals surface area contributed by atoms with E-state index in [0.717, 1.165) is 34.4 Å². The number of carbonyl (C=O) groups is 3. The highest BCUT2D eigenvalue weighted by molar-refractivity contribution is 5.98. The number of carboxylic acid groups (broad SMARTS) is 1. The molecule has 7 nitrogen and oxygen atoms in total. The van der Waals surface area contributed by atoms with Gasteiger partial charge in [-0.3, -0.25) is 4.79 Å². The number of carbonyl (C=O) groups excluding carboxylic acids is 2. The molecule has 0 saturated heterocycles. The predicted molar refractivity (Wildman–Crippen MR) is 129 cm³/mol. The number of carboxylic acids is 1. The normalized spacial score (nSPS) is 12.7. The molecule has 8 heteroatoms. The number of ether oxygens (including phenoxy) is 1. The minimum atomic E-state index is -1.46. The molecule has 0 aliphatic heterocycles. The molecule has 0 radical (unpaired) electrons. The molecule has 0 fully saturated rings. The maximum atomic E-state index is 13.6. The predicted octanol–water partition coefficient (Wildman–Crippen LogP) is 4.95. The van der Waals surface area contributed by atoms with Gasteiger partial charge in [0.15, 0.2) is 0 Å². The molecule has 0 aromatic heterocycles. The Morgan fingerprint density at radius 3 is 2.26 bits per heavy atom. The van der Waals surface area contributed by atoms with Crippen LogP contribution in [0.25, 0.3) is 11.1 Å². The lowest BCUT2D eigenvalue weighted by Gasteiger charge is -2.19. The van der Waals surface area contributed by atoms with Crippen molar-refractivity contribution in [3.63, 3.8) is 0 Å². The van der Waals surface area contributed by atoms with Crippen LogP contribution >= 0.6 is 0 Å². The topological polar surface area (TPSA) is 105 Å². The first-order valence-electron chi connectivity index (χ1n) is 10.9. The Balaban J connectivity index is 1.42. The molecule has 178 valence electrons. The number of amides is 2. The van der Waals surface area contributed by atoms with Gasteiger partial charge in [-0.2, -0.15) is 0 Å². The Labute approximate surface area is 201 Å². The highest BCUT2D eigenvalue weighted by atomic mass is 19.1. The van der Waals surface area contributed by atoms with E-state index in [0.29, 0.717) is 0 Å². The summed E-state index contributed by atoms with van der Waals surface area (Å²) in [6.07, 6.45) is 0.781. The maximum absolute atomic E-state index is 13.6. The van der Waals surface area contributed by atoms with Crippen LogP contribution in [0.5, 0.6) is 0 Å². The van der Waals surface area contributed by atoms with E-state index < -0.39 is 35.4 Å². The smallest absolute Gasteiger partial charge is 0.407 e. The summed E-state index contributed by atoms with van der Waals surface area (Å²) in [5, 5.41) is 14.1. The summed E-state index contributed by atoms with van der Waals surface area (Å²) in [5.41, 5.74) is 3.83. The SMILES string of the molecule is C=CCC(NC(=O)OCC1c2ccccc2-c2ccccc21)C(=O)Nc1ccc(F)c(C(=O)O)c1. The Morgan fingerprint density at radius 2 is 1.66 bits per heavy atom.